The molecule has 0 saturated carbocycles. The average molecular weight is 347 g/mol. The number of ether oxygens (including phenoxy) is 1. The third kappa shape index (κ3) is 10.8. The first-order chi connectivity index (χ1) is 9.82. The molecule has 0 aliphatic carbocycles. The quantitative estimate of drug-likeness (QED) is 0.392. The summed E-state index contributed by atoms with van der Waals surface area (Å²) >= 11 is 0. The van der Waals surface area contributed by atoms with Crippen LogP contribution in [0.5, 0.6) is 0 Å². The monoisotopic (exact) mass is 346 g/mol. The van der Waals surface area contributed by atoms with E-state index in [2.05, 4.69) is 32.7 Å². The van der Waals surface area contributed by atoms with Gasteiger partial charge < -0.3 is 14.0 Å². The van der Waals surface area contributed by atoms with Gasteiger partial charge in [-0.3, -0.25) is 0 Å². The Morgan fingerprint density at radius 2 is 1.64 bits per heavy atom. The highest BCUT2D eigenvalue weighted by Gasteiger charge is 2.31. The van der Waals surface area contributed by atoms with Crippen molar-refractivity contribution in [1.82, 2.24) is 0 Å². The van der Waals surface area contributed by atoms with Gasteiger partial charge in [0.05, 0.1) is 0 Å². The first kappa shape index (κ1) is 21.1. The van der Waals surface area contributed by atoms with E-state index in [0.717, 1.165) is 24.6 Å². The summed E-state index contributed by atoms with van der Waals surface area (Å²) in [5.74, 6) is -1.58. The maximum Gasteiger partial charge on any atom is 0.331 e. The van der Waals surface area contributed by atoms with Gasteiger partial charge in [-0.2, -0.15) is 0 Å². The Balaban J connectivity index is 4.60. The van der Waals surface area contributed by atoms with Gasteiger partial charge in [-0.05, 0) is 51.1 Å². The molecule has 0 aromatic carbocycles. The first-order valence-electron chi connectivity index (χ1n) is 7.64. The number of rotatable bonds is 9. The van der Waals surface area contributed by atoms with Crippen molar-refractivity contribution in [3.8, 4) is 0 Å². The molecule has 0 radical (unpaired) electrons. The fraction of sp³-hybridized carbons (Fsp3) is 0.733. The lowest BCUT2D eigenvalue weighted by Crippen LogP contribution is -2.43. The number of hydrogen-bond acceptors (Lipinski definition) is 4. The Morgan fingerprint density at radius 3 is 2.05 bits per heavy atom. The van der Waals surface area contributed by atoms with Crippen LogP contribution in [0, 0.1) is 5.92 Å². The lowest BCUT2D eigenvalue weighted by molar-refractivity contribution is -0.145. The van der Waals surface area contributed by atoms with Gasteiger partial charge in [-0.15, -0.1) is 0 Å². The van der Waals surface area contributed by atoms with Crippen LogP contribution in [0.4, 0.5) is 0 Å². The minimum atomic E-state index is -1.78. The van der Waals surface area contributed by atoms with Crippen LogP contribution in [0.15, 0.2) is 12.2 Å². The zero-order valence-corrected chi connectivity index (χ0v) is 16.8. The van der Waals surface area contributed by atoms with Gasteiger partial charge in [0.15, 0.2) is 16.6 Å². The molecule has 0 aromatic rings. The summed E-state index contributed by atoms with van der Waals surface area (Å²) in [6, 6.07) is 0.913. The second kappa shape index (κ2) is 8.64. The maximum atomic E-state index is 11.6. The zero-order valence-electron chi connectivity index (χ0n) is 14.8. The number of carbonyl (C=O) groups is 2. The van der Waals surface area contributed by atoms with Crippen molar-refractivity contribution in [2.24, 2.45) is 5.92 Å². The van der Waals surface area contributed by atoms with Crippen molar-refractivity contribution in [1.29, 1.82) is 0 Å². The van der Waals surface area contributed by atoms with Gasteiger partial charge in [0.2, 0.25) is 0 Å². The molecule has 22 heavy (non-hydrogen) atoms. The highest BCUT2D eigenvalue weighted by molar-refractivity contribution is 6.84. The number of aliphatic carboxylic acids is 1. The molecule has 0 amide bonds. The largest absolute Gasteiger partial charge is 0.478 e. The Hall–Kier alpha value is -0.926. The van der Waals surface area contributed by atoms with Crippen LogP contribution in [0.3, 0.4) is 0 Å². The summed E-state index contributed by atoms with van der Waals surface area (Å²) in [4.78, 5) is 22.0. The van der Waals surface area contributed by atoms with E-state index in [4.69, 9.17) is 14.0 Å². The van der Waals surface area contributed by atoms with E-state index in [9.17, 15) is 9.59 Å². The van der Waals surface area contributed by atoms with Crippen LogP contribution < -0.4 is 0 Å². The van der Waals surface area contributed by atoms with Gasteiger partial charge in [-0.25, -0.2) is 9.59 Å². The minimum Gasteiger partial charge on any atom is -0.478 e. The van der Waals surface area contributed by atoms with Crippen LogP contribution in [0.2, 0.25) is 38.8 Å². The molecule has 128 valence electrons. The van der Waals surface area contributed by atoms with Crippen molar-refractivity contribution >= 4 is 28.6 Å². The molecule has 5 nitrogen and oxygen atoms in total. The summed E-state index contributed by atoms with van der Waals surface area (Å²) < 4.78 is 11.7. The molecular formula is C15H30O5Si2. The Labute approximate surface area is 136 Å². The molecule has 1 atom stereocenters. The predicted octanol–water partition coefficient (Wildman–Crippen LogP) is 3.64. The van der Waals surface area contributed by atoms with E-state index in [-0.39, 0.29) is 12.0 Å². The second-order valence-corrected chi connectivity index (χ2v) is 16.5. The summed E-state index contributed by atoms with van der Waals surface area (Å²) in [6.45, 7) is 14.9. The number of carboxylic acid groups (broad SMARTS) is 1. The lowest BCUT2D eigenvalue weighted by atomic mass is 10.1. The molecule has 0 heterocycles. The van der Waals surface area contributed by atoms with Crippen molar-refractivity contribution in [2.75, 3.05) is 0 Å². The topological polar surface area (TPSA) is 72.8 Å². The van der Waals surface area contributed by atoms with Crippen LogP contribution in [0.25, 0.3) is 0 Å². The highest BCUT2D eigenvalue weighted by Crippen LogP contribution is 2.24. The molecule has 1 N–H and O–H groups in total. The van der Waals surface area contributed by atoms with Gasteiger partial charge in [0.25, 0.3) is 0 Å². The van der Waals surface area contributed by atoms with Crippen LogP contribution in [-0.2, 0) is 18.4 Å². The normalized spacial score (nSPS) is 14.4. The Kier molecular flexibility index (Phi) is 8.28. The predicted molar refractivity (Wildman–Crippen MR) is 92.8 cm³/mol. The summed E-state index contributed by atoms with van der Waals surface area (Å²) in [6.07, 6.45) is 2.28. The van der Waals surface area contributed by atoms with E-state index in [1.165, 1.54) is 0 Å². The molecule has 7 heteroatoms. The summed E-state index contributed by atoms with van der Waals surface area (Å²) in [5.41, 5.74) is 0. The Morgan fingerprint density at radius 1 is 1.09 bits per heavy atom. The average Bonchev–Trinajstić information content (AvgIpc) is 2.28. The fourth-order valence-electron chi connectivity index (χ4n) is 2.23. The molecule has 1 unspecified atom stereocenters. The van der Waals surface area contributed by atoms with Gasteiger partial charge in [0.1, 0.15) is 6.10 Å². The highest BCUT2D eigenvalue weighted by atomic mass is 28.4. The van der Waals surface area contributed by atoms with Gasteiger partial charge in [0, 0.05) is 12.2 Å². The summed E-state index contributed by atoms with van der Waals surface area (Å²) in [7, 11) is -3.35. The number of hydrogen-bond donors (Lipinski definition) is 1. The smallest absolute Gasteiger partial charge is 0.331 e. The Bertz CT molecular complexity index is 411. The van der Waals surface area contributed by atoms with Crippen LogP contribution in [-0.4, -0.2) is 39.8 Å². The van der Waals surface area contributed by atoms with Crippen molar-refractivity contribution in [3.63, 3.8) is 0 Å². The van der Waals surface area contributed by atoms with E-state index in [1.54, 1.807) is 0 Å². The van der Waals surface area contributed by atoms with Gasteiger partial charge >= 0.3 is 11.9 Å². The number of esters is 1. The van der Waals surface area contributed by atoms with E-state index >= 15 is 0 Å². The molecule has 0 rings (SSSR count). The van der Waals surface area contributed by atoms with E-state index in [1.807, 2.05) is 13.8 Å². The van der Waals surface area contributed by atoms with Crippen molar-refractivity contribution in [2.45, 2.75) is 65.2 Å². The SMILES string of the molecule is CC(C)C(CC[Si](C)(C)O[Si](C)(C)C)OC(=O)C=CC(=O)O. The van der Waals surface area contributed by atoms with E-state index in [0.29, 0.717) is 0 Å². The third-order valence-electron chi connectivity index (χ3n) is 2.99. The van der Waals surface area contributed by atoms with Crippen molar-refractivity contribution in [3.05, 3.63) is 12.2 Å². The molecule has 0 aromatic heterocycles. The molecule has 0 fully saturated rings. The standard InChI is InChI=1S/C15H30O5Si2/c1-12(2)13(19-15(18)9-8-14(16)17)10-11-22(6,7)20-21(3,4)5/h8-9,12-13H,10-11H2,1-7H3,(H,16,17). The van der Waals surface area contributed by atoms with Crippen LogP contribution in [0.1, 0.15) is 20.3 Å². The maximum absolute atomic E-state index is 11.6. The van der Waals surface area contributed by atoms with Gasteiger partial charge in [-0.1, -0.05) is 13.8 Å². The lowest BCUT2D eigenvalue weighted by Gasteiger charge is -2.33. The fourth-order valence-corrected chi connectivity index (χ4v) is 10.2. The molecule has 0 spiro atoms. The number of carboxylic acids is 1. The minimum absolute atomic E-state index is 0.179. The first-order valence-corrected chi connectivity index (χ1v) is 14.2. The molecule has 0 bridgehead atoms. The third-order valence-corrected chi connectivity index (χ3v) is 9.14. The van der Waals surface area contributed by atoms with Crippen molar-refractivity contribution < 1.29 is 23.5 Å². The zero-order chi connectivity index (χ0) is 17.6. The van der Waals surface area contributed by atoms with E-state index < -0.39 is 28.6 Å². The molecule has 0 aliphatic rings. The molecule has 0 saturated heterocycles. The number of carbonyl (C=O) groups excluding carboxylic acids is 1. The van der Waals surface area contributed by atoms with Crippen LogP contribution >= 0.6 is 0 Å². The molecule has 0 aliphatic heterocycles. The second-order valence-electron chi connectivity index (χ2n) is 7.40. The molecular weight excluding hydrogens is 316 g/mol. The summed E-state index contributed by atoms with van der Waals surface area (Å²) in [5, 5.41) is 8.52.